The Bertz CT molecular complexity index is 177. The molecule has 0 saturated heterocycles. The van der Waals surface area contributed by atoms with Crippen molar-refractivity contribution in [1.29, 1.82) is 0 Å². The molecule has 0 aliphatic heterocycles. The molecule has 5 unspecified atom stereocenters. The first-order valence-corrected chi connectivity index (χ1v) is 5.31. The molecule has 2 fully saturated rings. The van der Waals surface area contributed by atoms with Gasteiger partial charge in [0.05, 0.1) is 5.60 Å². The van der Waals surface area contributed by atoms with E-state index in [0.717, 1.165) is 11.8 Å². The van der Waals surface area contributed by atoms with Crippen LogP contribution in [0.5, 0.6) is 0 Å². The highest BCUT2D eigenvalue weighted by Gasteiger charge is 2.64. The maximum absolute atomic E-state index is 9.96. The minimum absolute atomic E-state index is 0.324. The third-order valence-electron chi connectivity index (χ3n) is 4.48. The molecule has 70 valence electrons. The van der Waals surface area contributed by atoms with E-state index in [2.05, 4.69) is 13.8 Å². The van der Waals surface area contributed by atoms with Crippen LogP contribution in [0.2, 0.25) is 0 Å². The molecule has 0 aromatic carbocycles. The van der Waals surface area contributed by atoms with Crippen LogP contribution in [-0.2, 0) is 0 Å². The fourth-order valence-corrected chi connectivity index (χ4v) is 3.45. The fraction of sp³-hybridized carbons (Fsp3) is 1.00. The highest BCUT2D eigenvalue weighted by Crippen LogP contribution is 2.64. The van der Waals surface area contributed by atoms with Gasteiger partial charge in [0.15, 0.2) is 0 Å². The van der Waals surface area contributed by atoms with E-state index >= 15 is 0 Å². The second kappa shape index (κ2) is 2.47. The van der Waals surface area contributed by atoms with Crippen molar-refractivity contribution in [3.8, 4) is 0 Å². The van der Waals surface area contributed by atoms with Crippen LogP contribution in [0.1, 0.15) is 40.0 Å². The maximum atomic E-state index is 9.96. The molecule has 1 nitrogen and oxygen atoms in total. The van der Waals surface area contributed by atoms with E-state index in [4.69, 9.17) is 0 Å². The minimum atomic E-state index is -0.324. The summed E-state index contributed by atoms with van der Waals surface area (Å²) in [4.78, 5) is 0. The van der Waals surface area contributed by atoms with Gasteiger partial charge in [-0.15, -0.1) is 0 Å². The van der Waals surface area contributed by atoms with E-state index in [1.165, 1.54) is 19.3 Å². The van der Waals surface area contributed by atoms with Gasteiger partial charge in [0.2, 0.25) is 0 Å². The Morgan fingerprint density at radius 2 is 2.17 bits per heavy atom. The highest BCUT2D eigenvalue weighted by atomic mass is 16.3. The first-order chi connectivity index (χ1) is 5.59. The predicted octanol–water partition coefficient (Wildman–Crippen LogP) is 2.44. The van der Waals surface area contributed by atoms with Crippen LogP contribution in [0.4, 0.5) is 0 Å². The third-order valence-corrected chi connectivity index (χ3v) is 4.48. The van der Waals surface area contributed by atoms with Crippen LogP contribution in [0.15, 0.2) is 0 Å². The minimum Gasteiger partial charge on any atom is -0.390 e. The van der Waals surface area contributed by atoms with E-state index in [1.54, 1.807) is 0 Å². The number of hydrogen-bond acceptors (Lipinski definition) is 1. The molecular weight excluding hydrogens is 148 g/mol. The van der Waals surface area contributed by atoms with Crippen LogP contribution >= 0.6 is 0 Å². The molecule has 1 N–H and O–H groups in total. The largest absolute Gasteiger partial charge is 0.390 e. The zero-order valence-corrected chi connectivity index (χ0v) is 8.38. The summed E-state index contributed by atoms with van der Waals surface area (Å²) in [7, 11) is 0. The highest BCUT2D eigenvalue weighted by molar-refractivity contribution is 5.13. The van der Waals surface area contributed by atoms with E-state index in [-0.39, 0.29) is 5.60 Å². The molecule has 2 aliphatic rings. The quantitative estimate of drug-likeness (QED) is 0.671. The molecule has 0 aromatic rings. The van der Waals surface area contributed by atoms with Crippen molar-refractivity contribution < 1.29 is 5.11 Å². The van der Waals surface area contributed by atoms with Gasteiger partial charge in [-0.3, -0.25) is 0 Å². The number of rotatable bonds is 2. The molecule has 5 atom stereocenters. The van der Waals surface area contributed by atoms with Gasteiger partial charge in [-0.05, 0) is 37.0 Å². The average molecular weight is 168 g/mol. The van der Waals surface area contributed by atoms with Crippen LogP contribution in [0, 0.1) is 23.7 Å². The molecule has 0 radical (unpaired) electrons. The van der Waals surface area contributed by atoms with E-state index < -0.39 is 0 Å². The summed E-state index contributed by atoms with van der Waals surface area (Å²) in [5.41, 5.74) is -0.324. The molecule has 0 heterocycles. The van der Waals surface area contributed by atoms with Gasteiger partial charge < -0.3 is 5.11 Å². The molecule has 2 rings (SSSR count). The lowest BCUT2D eigenvalue weighted by molar-refractivity contribution is -0.255. The maximum Gasteiger partial charge on any atom is 0.0679 e. The molecule has 0 spiro atoms. The summed E-state index contributed by atoms with van der Waals surface area (Å²) < 4.78 is 0. The summed E-state index contributed by atoms with van der Waals surface area (Å²) >= 11 is 0. The SMILES string of the molecule is CCCC1CC2C1C(C)C2(C)O. The normalized spacial score (nSPS) is 57.0. The van der Waals surface area contributed by atoms with E-state index in [9.17, 15) is 5.11 Å². The summed E-state index contributed by atoms with van der Waals surface area (Å²) in [6.45, 7) is 6.48. The Labute approximate surface area is 75.2 Å². The molecule has 0 bridgehead atoms. The van der Waals surface area contributed by atoms with Gasteiger partial charge in [0.25, 0.3) is 0 Å². The van der Waals surface area contributed by atoms with Gasteiger partial charge in [-0.25, -0.2) is 0 Å². The lowest BCUT2D eigenvalue weighted by Crippen LogP contribution is -2.68. The molecule has 1 heteroatoms. The van der Waals surface area contributed by atoms with E-state index in [0.29, 0.717) is 11.8 Å². The van der Waals surface area contributed by atoms with Gasteiger partial charge in [-0.1, -0.05) is 26.7 Å². The van der Waals surface area contributed by atoms with Crippen LogP contribution in [0.25, 0.3) is 0 Å². The monoisotopic (exact) mass is 168 g/mol. The second-order valence-electron chi connectivity index (χ2n) is 4.98. The fourth-order valence-electron chi connectivity index (χ4n) is 3.45. The molecule has 2 saturated carbocycles. The van der Waals surface area contributed by atoms with Crippen molar-refractivity contribution in [2.45, 2.75) is 45.6 Å². The van der Waals surface area contributed by atoms with Crippen molar-refractivity contribution in [3.63, 3.8) is 0 Å². The number of aliphatic hydroxyl groups is 1. The first kappa shape index (κ1) is 8.55. The van der Waals surface area contributed by atoms with Crippen molar-refractivity contribution in [2.24, 2.45) is 23.7 Å². The van der Waals surface area contributed by atoms with Gasteiger partial charge in [0, 0.05) is 0 Å². The first-order valence-electron chi connectivity index (χ1n) is 5.31. The van der Waals surface area contributed by atoms with Gasteiger partial charge >= 0.3 is 0 Å². The predicted molar refractivity (Wildman–Crippen MR) is 49.8 cm³/mol. The van der Waals surface area contributed by atoms with E-state index in [1.807, 2.05) is 6.92 Å². The molecule has 0 aromatic heterocycles. The smallest absolute Gasteiger partial charge is 0.0679 e. The zero-order valence-electron chi connectivity index (χ0n) is 8.38. The molecule has 12 heavy (non-hydrogen) atoms. The summed E-state index contributed by atoms with van der Waals surface area (Å²) in [6, 6.07) is 0. The zero-order chi connectivity index (χ0) is 8.93. The Balaban J connectivity index is 1.94. The average Bonchev–Trinajstić information content (AvgIpc) is 1.96. The number of fused-ring (bicyclic) bond motifs is 1. The van der Waals surface area contributed by atoms with Crippen molar-refractivity contribution in [1.82, 2.24) is 0 Å². The van der Waals surface area contributed by atoms with Crippen molar-refractivity contribution >= 4 is 0 Å². The van der Waals surface area contributed by atoms with Crippen LogP contribution in [0.3, 0.4) is 0 Å². The lowest BCUT2D eigenvalue weighted by Gasteiger charge is -2.66. The lowest BCUT2D eigenvalue weighted by atomic mass is 9.40. The number of hydrogen-bond donors (Lipinski definition) is 1. The summed E-state index contributed by atoms with van der Waals surface area (Å²) in [5, 5.41) is 9.96. The standard InChI is InChI=1S/C11H20O/c1-4-5-8-6-9-10(8)7(2)11(9,3)12/h7-10,12H,4-6H2,1-3H3. The van der Waals surface area contributed by atoms with Crippen molar-refractivity contribution in [2.75, 3.05) is 0 Å². The summed E-state index contributed by atoms with van der Waals surface area (Å²) in [6.07, 6.45) is 3.97. The Morgan fingerprint density at radius 3 is 2.67 bits per heavy atom. The Kier molecular flexibility index (Phi) is 1.76. The van der Waals surface area contributed by atoms with Crippen LogP contribution in [-0.4, -0.2) is 10.7 Å². The van der Waals surface area contributed by atoms with Gasteiger partial charge in [0.1, 0.15) is 0 Å². The molecule has 0 amide bonds. The Morgan fingerprint density at radius 1 is 1.50 bits per heavy atom. The van der Waals surface area contributed by atoms with Gasteiger partial charge in [-0.2, -0.15) is 0 Å². The summed E-state index contributed by atoms with van der Waals surface area (Å²) in [5.74, 6) is 2.99. The Hall–Kier alpha value is -0.0400. The third kappa shape index (κ3) is 0.834. The second-order valence-corrected chi connectivity index (χ2v) is 4.98. The van der Waals surface area contributed by atoms with Crippen molar-refractivity contribution in [3.05, 3.63) is 0 Å². The molecular formula is C11H20O. The van der Waals surface area contributed by atoms with Crippen LogP contribution < -0.4 is 0 Å². The molecule has 2 aliphatic carbocycles. The topological polar surface area (TPSA) is 20.2 Å².